The van der Waals surface area contributed by atoms with E-state index in [2.05, 4.69) is 48.5 Å². The molecule has 0 amide bonds. The lowest BCUT2D eigenvalue weighted by Gasteiger charge is -2.37. The standard InChI is InChI=1S/C31H52O3/c1-10-27-19-33-31-24(7)23(6)30(34-26(9)32)25(8)29(31)28(27)18-17-22(5)16-12-15-21(4)14-11-13-20(2)3/h20-22,27-28H,10-19H2,1-9H3. The average molecular weight is 473 g/mol. The SMILES string of the molecule is CCC1COc2c(C)c(C)c(OC(C)=O)c(C)c2C1CCC(C)CCCC(C)CCCC(C)C. The van der Waals surface area contributed by atoms with Crippen LogP contribution in [0.3, 0.4) is 0 Å². The molecule has 0 N–H and O–H groups in total. The molecule has 0 aromatic heterocycles. The van der Waals surface area contributed by atoms with Crippen LogP contribution < -0.4 is 9.47 Å². The summed E-state index contributed by atoms with van der Waals surface area (Å²) in [7, 11) is 0. The zero-order valence-corrected chi connectivity index (χ0v) is 23.7. The second-order valence-corrected chi connectivity index (χ2v) is 11.7. The maximum absolute atomic E-state index is 11.8. The molecule has 1 aromatic rings. The summed E-state index contributed by atoms with van der Waals surface area (Å²) < 4.78 is 12.0. The lowest BCUT2D eigenvalue weighted by atomic mass is 9.75. The third kappa shape index (κ3) is 7.75. The van der Waals surface area contributed by atoms with Gasteiger partial charge >= 0.3 is 5.97 Å². The van der Waals surface area contributed by atoms with Crippen LogP contribution in [0.15, 0.2) is 0 Å². The predicted octanol–water partition coefficient (Wildman–Crippen LogP) is 9.09. The monoisotopic (exact) mass is 472 g/mol. The van der Waals surface area contributed by atoms with E-state index in [1.807, 2.05) is 6.92 Å². The molecule has 0 radical (unpaired) electrons. The number of carbonyl (C=O) groups is 1. The van der Waals surface area contributed by atoms with Gasteiger partial charge in [-0.2, -0.15) is 0 Å². The second-order valence-electron chi connectivity index (χ2n) is 11.7. The fourth-order valence-corrected chi connectivity index (χ4v) is 5.81. The van der Waals surface area contributed by atoms with Crippen molar-refractivity contribution >= 4 is 5.97 Å². The molecule has 0 bridgehead atoms. The Balaban J connectivity index is 2.04. The van der Waals surface area contributed by atoms with E-state index in [-0.39, 0.29) is 5.97 Å². The smallest absolute Gasteiger partial charge is 0.308 e. The highest BCUT2D eigenvalue weighted by Gasteiger charge is 2.34. The molecule has 1 aliphatic heterocycles. The van der Waals surface area contributed by atoms with Gasteiger partial charge < -0.3 is 9.47 Å². The van der Waals surface area contributed by atoms with Crippen LogP contribution in [0.25, 0.3) is 0 Å². The largest absolute Gasteiger partial charge is 0.493 e. The molecule has 0 spiro atoms. The van der Waals surface area contributed by atoms with Crippen molar-refractivity contribution in [1.82, 2.24) is 0 Å². The Morgan fingerprint density at radius 1 is 0.912 bits per heavy atom. The first kappa shape index (κ1) is 28.7. The van der Waals surface area contributed by atoms with Gasteiger partial charge in [0.15, 0.2) is 0 Å². The quantitative estimate of drug-likeness (QED) is 0.212. The first-order valence-corrected chi connectivity index (χ1v) is 14.0. The number of hydrogen-bond donors (Lipinski definition) is 0. The highest BCUT2D eigenvalue weighted by molar-refractivity contribution is 5.72. The van der Waals surface area contributed by atoms with E-state index >= 15 is 0 Å². The molecule has 4 unspecified atom stereocenters. The summed E-state index contributed by atoms with van der Waals surface area (Å²) in [6.07, 6.45) is 11.7. The van der Waals surface area contributed by atoms with Crippen LogP contribution in [-0.2, 0) is 4.79 Å². The van der Waals surface area contributed by atoms with Crippen molar-refractivity contribution < 1.29 is 14.3 Å². The van der Waals surface area contributed by atoms with E-state index in [0.29, 0.717) is 11.8 Å². The zero-order valence-electron chi connectivity index (χ0n) is 23.7. The Kier molecular flexibility index (Phi) is 11.4. The zero-order chi connectivity index (χ0) is 25.4. The molecule has 1 aromatic carbocycles. The number of rotatable bonds is 13. The van der Waals surface area contributed by atoms with Crippen molar-refractivity contribution in [2.45, 2.75) is 126 Å². The first-order chi connectivity index (χ1) is 16.1. The van der Waals surface area contributed by atoms with Crippen molar-refractivity contribution in [3.63, 3.8) is 0 Å². The van der Waals surface area contributed by atoms with Crippen molar-refractivity contribution in [3.05, 3.63) is 22.3 Å². The van der Waals surface area contributed by atoms with Crippen LogP contribution in [0, 0.1) is 44.4 Å². The normalized spacial score (nSPS) is 19.5. The molecule has 4 atom stereocenters. The summed E-state index contributed by atoms with van der Waals surface area (Å²) in [4.78, 5) is 11.8. The highest BCUT2D eigenvalue weighted by atomic mass is 16.5. The fraction of sp³-hybridized carbons (Fsp3) is 0.774. The van der Waals surface area contributed by atoms with Crippen LogP contribution in [-0.4, -0.2) is 12.6 Å². The molecule has 1 heterocycles. The predicted molar refractivity (Wildman–Crippen MR) is 144 cm³/mol. The van der Waals surface area contributed by atoms with E-state index in [0.717, 1.165) is 59.0 Å². The molecule has 3 nitrogen and oxygen atoms in total. The minimum atomic E-state index is -0.252. The lowest BCUT2D eigenvalue weighted by molar-refractivity contribution is -0.132. The Morgan fingerprint density at radius 2 is 1.50 bits per heavy atom. The Bertz CT molecular complexity index is 795. The lowest BCUT2D eigenvalue weighted by Crippen LogP contribution is -2.28. The van der Waals surface area contributed by atoms with Gasteiger partial charge in [0.25, 0.3) is 0 Å². The average Bonchev–Trinajstić information content (AvgIpc) is 2.77. The van der Waals surface area contributed by atoms with E-state index in [1.165, 1.54) is 63.9 Å². The van der Waals surface area contributed by atoms with Gasteiger partial charge in [-0.3, -0.25) is 4.79 Å². The molecule has 0 saturated heterocycles. The molecule has 3 heteroatoms. The molecular weight excluding hydrogens is 420 g/mol. The Labute approximate surface area is 210 Å². The van der Waals surface area contributed by atoms with Gasteiger partial charge in [-0.15, -0.1) is 0 Å². The van der Waals surface area contributed by atoms with Crippen LogP contribution in [0.2, 0.25) is 0 Å². The van der Waals surface area contributed by atoms with Gasteiger partial charge in [0.2, 0.25) is 0 Å². The van der Waals surface area contributed by atoms with E-state index in [1.54, 1.807) is 0 Å². The van der Waals surface area contributed by atoms with Gasteiger partial charge in [-0.25, -0.2) is 0 Å². The molecule has 2 rings (SSSR count). The second kappa shape index (κ2) is 13.5. The maximum atomic E-state index is 11.8. The van der Waals surface area contributed by atoms with Gasteiger partial charge in [-0.1, -0.05) is 79.6 Å². The topological polar surface area (TPSA) is 35.5 Å². The van der Waals surface area contributed by atoms with E-state index in [4.69, 9.17) is 9.47 Å². The number of fused-ring (bicyclic) bond motifs is 1. The molecule has 0 saturated carbocycles. The van der Waals surface area contributed by atoms with Crippen LogP contribution >= 0.6 is 0 Å². The molecule has 194 valence electrons. The van der Waals surface area contributed by atoms with Crippen LogP contribution in [0.5, 0.6) is 11.5 Å². The molecule has 0 aliphatic carbocycles. The summed E-state index contributed by atoms with van der Waals surface area (Å²) in [5.41, 5.74) is 4.54. The summed E-state index contributed by atoms with van der Waals surface area (Å²) >= 11 is 0. The summed E-state index contributed by atoms with van der Waals surface area (Å²) in [5, 5.41) is 0. The maximum Gasteiger partial charge on any atom is 0.308 e. The molecule has 1 aliphatic rings. The number of benzene rings is 1. The molecule has 34 heavy (non-hydrogen) atoms. The van der Waals surface area contributed by atoms with Crippen LogP contribution in [0.1, 0.15) is 128 Å². The van der Waals surface area contributed by atoms with Crippen molar-refractivity contribution in [1.29, 1.82) is 0 Å². The molecule has 0 fully saturated rings. The molecular formula is C31H52O3. The Morgan fingerprint density at radius 3 is 2.06 bits per heavy atom. The number of hydrogen-bond acceptors (Lipinski definition) is 3. The number of carbonyl (C=O) groups excluding carboxylic acids is 1. The van der Waals surface area contributed by atoms with Crippen molar-refractivity contribution in [2.75, 3.05) is 6.61 Å². The minimum Gasteiger partial charge on any atom is -0.493 e. The van der Waals surface area contributed by atoms with Gasteiger partial charge in [0.1, 0.15) is 11.5 Å². The van der Waals surface area contributed by atoms with Crippen molar-refractivity contribution in [3.8, 4) is 11.5 Å². The minimum absolute atomic E-state index is 0.252. The third-order valence-corrected chi connectivity index (χ3v) is 8.23. The van der Waals surface area contributed by atoms with Gasteiger partial charge in [0.05, 0.1) is 6.61 Å². The summed E-state index contributed by atoms with van der Waals surface area (Å²) in [6, 6.07) is 0. The first-order valence-electron chi connectivity index (χ1n) is 14.0. The fourth-order valence-electron chi connectivity index (χ4n) is 5.81. The third-order valence-electron chi connectivity index (χ3n) is 8.23. The van der Waals surface area contributed by atoms with E-state index in [9.17, 15) is 4.79 Å². The number of ether oxygens (including phenoxy) is 2. The number of esters is 1. The van der Waals surface area contributed by atoms with Gasteiger partial charge in [-0.05, 0) is 79.9 Å². The highest BCUT2D eigenvalue weighted by Crippen LogP contribution is 2.49. The summed E-state index contributed by atoms with van der Waals surface area (Å²) in [6.45, 7) is 20.3. The van der Waals surface area contributed by atoms with E-state index < -0.39 is 0 Å². The van der Waals surface area contributed by atoms with Crippen molar-refractivity contribution in [2.24, 2.45) is 23.7 Å². The summed E-state index contributed by atoms with van der Waals surface area (Å²) in [5.74, 6) is 4.95. The van der Waals surface area contributed by atoms with Crippen LogP contribution in [0.4, 0.5) is 0 Å². The van der Waals surface area contributed by atoms with Gasteiger partial charge in [0, 0.05) is 12.5 Å². The Hall–Kier alpha value is -1.51.